The number of carbonyl (C=O) groups excluding carboxylic acids is 2. The summed E-state index contributed by atoms with van der Waals surface area (Å²) in [5.74, 6) is -0.750. The summed E-state index contributed by atoms with van der Waals surface area (Å²) in [4.78, 5) is 31.6. The third-order valence-electron chi connectivity index (χ3n) is 6.69. The number of sulfone groups is 1. The number of aliphatic hydroxyl groups excluding tert-OH is 1. The van der Waals surface area contributed by atoms with Crippen LogP contribution in [0.3, 0.4) is 0 Å². The Hall–Kier alpha value is -2.50. The minimum absolute atomic E-state index is 0.0628. The van der Waals surface area contributed by atoms with Crippen LogP contribution in [-0.4, -0.2) is 74.2 Å². The number of carbonyl (C=O) groups is 2. The van der Waals surface area contributed by atoms with Gasteiger partial charge in [-0.2, -0.15) is 5.10 Å². The van der Waals surface area contributed by atoms with Gasteiger partial charge in [-0.1, -0.05) is 17.7 Å². The summed E-state index contributed by atoms with van der Waals surface area (Å²) in [6, 6.07) is 3.39. The van der Waals surface area contributed by atoms with E-state index in [1.807, 2.05) is 0 Å². The third kappa shape index (κ3) is 4.09. The Morgan fingerprint density at radius 1 is 1.32 bits per heavy atom. The molecule has 4 rings (SSSR count). The van der Waals surface area contributed by atoms with Crippen LogP contribution in [-0.2, 0) is 29.9 Å². The number of pyridine rings is 1. The highest BCUT2D eigenvalue weighted by atomic mass is 35.5. The van der Waals surface area contributed by atoms with Gasteiger partial charge < -0.3 is 15.3 Å². The Morgan fingerprint density at radius 3 is 2.62 bits per heavy atom. The van der Waals surface area contributed by atoms with Crippen LogP contribution in [0.5, 0.6) is 0 Å². The fourth-order valence-electron chi connectivity index (χ4n) is 4.35. The predicted octanol–water partition coefficient (Wildman–Crippen LogP) is 1.12. The van der Waals surface area contributed by atoms with Gasteiger partial charge in [0, 0.05) is 38.4 Å². The van der Waals surface area contributed by atoms with E-state index in [2.05, 4.69) is 15.4 Å². The van der Waals surface area contributed by atoms with Gasteiger partial charge in [-0.3, -0.25) is 14.3 Å². The van der Waals surface area contributed by atoms with Crippen LogP contribution < -0.4 is 5.32 Å². The van der Waals surface area contributed by atoms with Crippen LogP contribution in [0.15, 0.2) is 18.3 Å². The van der Waals surface area contributed by atoms with Crippen LogP contribution in [0.2, 0.25) is 5.15 Å². The van der Waals surface area contributed by atoms with Crippen LogP contribution >= 0.6 is 11.6 Å². The van der Waals surface area contributed by atoms with Gasteiger partial charge >= 0.3 is 0 Å². The van der Waals surface area contributed by atoms with E-state index < -0.39 is 31.8 Å². The van der Waals surface area contributed by atoms with Crippen molar-refractivity contribution in [2.24, 2.45) is 7.05 Å². The van der Waals surface area contributed by atoms with E-state index in [1.54, 1.807) is 25.4 Å². The minimum Gasteiger partial charge on any atom is -0.395 e. The standard InChI is InChI=1S/C22H28ClN5O5S/c1-21(2,13-29)34(32,33)22(7-8-22)12-28-9-6-15-17(26-27(3)18(15)20(28)31)19(30)25-11-14-4-5-16(23)24-10-14/h4-5,10,29H,6-9,11-13H2,1-3H3,(H,25,30). The maximum absolute atomic E-state index is 13.3. The van der Waals surface area contributed by atoms with Gasteiger partial charge in [-0.25, -0.2) is 13.4 Å². The SMILES string of the molecule is Cn1nc(C(=O)NCc2ccc(Cl)nc2)c2c1C(=O)N(CC1(S(=O)(=O)C(C)(C)CO)CC1)CC2. The molecule has 0 unspecified atom stereocenters. The smallest absolute Gasteiger partial charge is 0.272 e. The lowest BCUT2D eigenvalue weighted by molar-refractivity contribution is 0.0724. The van der Waals surface area contributed by atoms with Crippen molar-refractivity contribution >= 4 is 33.3 Å². The van der Waals surface area contributed by atoms with Gasteiger partial charge in [0.25, 0.3) is 11.8 Å². The van der Waals surface area contributed by atoms with Crippen molar-refractivity contribution < 1.29 is 23.1 Å². The number of fused-ring (bicyclic) bond motifs is 1. The zero-order valence-electron chi connectivity index (χ0n) is 19.3. The fraction of sp³-hybridized carbons (Fsp3) is 0.545. The summed E-state index contributed by atoms with van der Waals surface area (Å²) >= 11 is 5.78. The van der Waals surface area contributed by atoms with Crippen LogP contribution in [0.4, 0.5) is 0 Å². The number of aromatic nitrogens is 3. The monoisotopic (exact) mass is 509 g/mol. The van der Waals surface area contributed by atoms with Crippen LogP contribution in [0.25, 0.3) is 0 Å². The number of hydrogen-bond donors (Lipinski definition) is 2. The Bertz CT molecular complexity index is 1240. The third-order valence-corrected chi connectivity index (χ3v) is 10.2. The Balaban J connectivity index is 1.51. The molecule has 1 saturated carbocycles. The minimum atomic E-state index is -3.68. The lowest BCUT2D eigenvalue weighted by Gasteiger charge is -2.34. The molecule has 34 heavy (non-hydrogen) atoms. The molecule has 12 heteroatoms. The molecule has 3 heterocycles. The van der Waals surface area contributed by atoms with Crippen molar-refractivity contribution in [3.8, 4) is 0 Å². The number of aliphatic hydroxyl groups is 1. The second-order valence-electron chi connectivity index (χ2n) is 9.55. The first-order valence-corrected chi connectivity index (χ1v) is 12.9. The molecule has 184 valence electrons. The summed E-state index contributed by atoms with van der Waals surface area (Å²) in [5, 5.41) is 17.0. The summed E-state index contributed by atoms with van der Waals surface area (Å²) in [7, 11) is -2.08. The quantitative estimate of drug-likeness (QED) is 0.509. The highest BCUT2D eigenvalue weighted by Gasteiger charge is 2.60. The number of hydrogen-bond acceptors (Lipinski definition) is 7. The van der Waals surface area contributed by atoms with E-state index >= 15 is 0 Å². The fourth-order valence-corrected chi connectivity index (χ4v) is 6.77. The Labute approximate surface area is 203 Å². The van der Waals surface area contributed by atoms with E-state index in [0.717, 1.165) is 5.56 Å². The number of nitrogens with zero attached hydrogens (tertiary/aromatic N) is 4. The number of nitrogens with one attached hydrogen (secondary N) is 1. The summed E-state index contributed by atoms with van der Waals surface area (Å²) in [6.07, 6.45) is 2.86. The lowest BCUT2D eigenvalue weighted by atomic mass is 10.0. The molecule has 0 bridgehead atoms. The molecule has 1 fully saturated rings. The van der Waals surface area contributed by atoms with Crippen molar-refractivity contribution in [1.29, 1.82) is 0 Å². The molecule has 2 aromatic rings. The van der Waals surface area contributed by atoms with E-state index in [0.29, 0.717) is 35.7 Å². The molecule has 2 aliphatic rings. The summed E-state index contributed by atoms with van der Waals surface area (Å²) in [5.41, 5.74) is 1.80. The van der Waals surface area contributed by atoms with Gasteiger partial charge in [-0.15, -0.1) is 0 Å². The van der Waals surface area contributed by atoms with Crippen molar-refractivity contribution in [3.63, 3.8) is 0 Å². The number of amides is 2. The van der Waals surface area contributed by atoms with Crippen molar-refractivity contribution in [2.75, 3.05) is 19.7 Å². The van der Waals surface area contributed by atoms with Gasteiger partial charge in [0.05, 0.1) is 16.1 Å². The van der Waals surface area contributed by atoms with E-state index in [-0.39, 0.29) is 31.2 Å². The molecular weight excluding hydrogens is 482 g/mol. The van der Waals surface area contributed by atoms with Crippen molar-refractivity contribution in [2.45, 2.75) is 49.1 Å². The average molecular weight is 510 g/mol. The number of rotatable bonds is 8. The van der Waals surface area contributed by atoms with E-state index in [9.17, 15) is 23.1 Å². The van der Waals surface area contributed by atoms with Gasteiger partial charge in [0.1, 0.15) is 10.8 Å². The largest absolute Gasteiger partial charge is 0.395 e. The lowest BCUT2D eigenvalue weighted by Crippen LogP contribution is -2.51. The van der Waals surface area contributed by atoms with Gasteiger partial charge in [-0.05, 0) is 44.7 Å². The molecule has 10 nitrogen and oxygen atoms in total. The molecule has 1 aliphatic carbocycles. The Kier molecular flexibility index (Phi) is 6.24. The highest BCUT2D eigenvalue weighted by molar-refractivity contribution is 7.94. The van der Waals surface area contributed by atoms with Crippen molar-refractivity contribution in [3.05, 3.63) is 46.0 Å². The first kappa shape index (κ1) is 24.6. The summed E-state index contributed by atoms with van der Waals surface area (Å²) in [6.45, 7) is 3.11. The molecule has 0 atom stereocenters. The van der Waals surface area contributed by atoms with E-state index in [4.69, 9.17) is 11.6 Å². The molecule has 0 radical (unpaired) electrons. The van der Waals surface area contributed by atoms with Crippen molar-refractivity contribution in [1.82, 2.24) is 25.0 Å². The average Bonchev–Trinajstić information content (AvgIpc) is 3.51. The maximum atomic E-state index is 13.3. The number of aryl methyl sites for hydroxylation is 1. The zero-order chi connectivity index (χ0) is 24.9. The first-order valence-electron chi connectivity index (χ1n) is 11.0. The first-order chi connectivity index (χ1) is 15.9. The molecule has 2 aromatic heterocycles. The molecule has 2 N–H and O–H groups in total. The second kappa shape index (κ2) is 8.62. The molecule has 1 aliphatic heterocycles. The molecule has 0 aromatic carbocycles. The zero-order valence-corrected chi connectivity index (χ0v) is 20.9. The van der Waals surface area contributed by atoms with E-state index in [1.165, 1.54) is 23.4 Å². The van der Waals surface area contributed by atoms with Gasteiger partial charge in [0.2, 0.25) is 0 Å². The topological polar surface area (TPSA) is 134 Å². The van der Waals surface area contributed by atoms with Gasteiger partial charge in [0.15, 0.2) is 15.5 Å². The number of halogens is 1. The normalized spacial score (nSPS) is 17.4. The predicted molar refractivity (Wildman–Crippen MR) is 125 cm³/mol. The molecule has 0 saturated heterocycles. The summed E-state index contributed by atoms with van der Waals surface area (Å²) < 4.78 is 25.4. The maximum Gasteiger partial charge on any atom is 0.272 e. The molecule has 2 amide bonds. The molecule has 0 spiro atoms. The Morgan fingerprint density at radius 2 is 2.03 bits per heavy atom. The molecular formula is C22H28ClN5O5S. The van der Waals surface area contributed by atoms with Crippen LogP contribution in [0, 0.1) is 0 Å². The van der Waals surface area contributed by atoms with Crippen LogP contribution in [0.1, 0.15) is 58.8 Å². The second-order valence-corrected chi connectivity index (χ2v) is 12.9. The highest BCUT2D eigenvalue weighted by Crippen LogP contribution is 2.49.